The number of ether oxygens (including phenoxy) is 2. The van der Waals surface area contributed by atoms with Crippen LogP contribution in [0.2, 0.25) is 0 Å². The van der Waals surface area contributed by atoms with Crippen molar-refractivity contribution in [2.24, 2.45) is 0 Å². The van der Waals surface area contributed by atoms with Crippen LogP contribution in [0, 0.1) is 23.3 Å². The van der Waals surface area contributed by atoms with E-state index in [1.165, 1.54) is 6.07 Å². The number of aromatic carboxylic acids is 1. The minimum atomic E-state index is -2.27. The van der Waals surface area contributed by atoms with Crippen molar-refractivity contribution in [2.75, 3.05) is 6.61 Å². The van der Waals surface area contributed by atoms with Gasteiger partial charge in [-0.1, -0.05) is 15.9 Å². The van der Waals surface area contributed by atoms with E-state index in [1.54, 1.807) is 6.07 Å². The molecule has 0 bridgehead atoms. The fourth-order valence-corrected chi connectivity index (χ4v) is 3.55. The SMILES string of the molecule is O=C(COC(=O)c1cc(Br)cc(Br)c1Br)Oc1c(F)c(F)c(C(=O)O)c(F)c1F. The maximum Gasteiger partial charge on any atom is 0.349 e. The lowest BCUT2D eigenvalue weighted by Gasteiger charge is -2.11. The van der Waals surface area contributed by atoms with E-state index in [2.05, 4.69) is 57.3 Å². The van der Waals surface area contributed by atoms with Gasteiger partial charge in [-0.2, -0.15) is 8.78 Å². The van der Waals surface area contributed by atoms with Crippen LogP contribution < -0.4 is 4.74 Å². The molecule has 0 radical (unpaired) electrons. The average Bonchev–Trinajstić information content (AvgIpc) is 2.64. The zero-order chi connectivity index (χ0) is 22.0. The normalized spacial score (nSPS) is 10.6. The first-order valence-corrected chi connectivity index (χ1v) is 9.45. The highest BCUT2D eigenvalue weighted by molar-refractivity contribution is 9.13. The Labute approximate surface area is 184 Å². The third kappa shape index (κ3) is 4.95. The van der Waals surface area contributed by atoms with Crippen molar-refractivity contribution in [3.05, 3.63) is 59.9 Å². The van der Waals surface area contributed by atoms with E-state index in [0.29, 0.717) is 8.95 Å². The van der Waals surface area contributed by atoms with E-state index >= 15 is 0 Å². The molecule has 13 heteroatoms. The minimum absolute atomic E-state index is 0.0284. The van der Waals surface area contributed by atoms with Gasteiger partial charge >= 0.3 is 17.9 Å². The molecule has 6 nitrogen and oxygen atoms in total. The molecule has 154 valence electrons. The standard InChI is InChI=1S/C16H5Br3F4O6/c17-4-1-5(9(19)6(18)2-4)16(27)28-3-7(24)29-14-12(22)10(20)8(15(25)26)11(21)13(14)23/h1-2H,3H2,(H,25,26). The second-order valence-corrected chi connectivity index (χ2v) is 7.63. The van der Waals surface area contributed by atoms with Crippen LogP contribution in [0.5, 0.6) is 5.75 Å². The number of hydrogen-bond acceptors (Lipinski definition) is 5. The van der Waals surface area contributed by atoms with E-state index in [9.17, 15) is 31.9 Å². The van der Waals surface area contributed by atoms with Crippen molar-refractivity contribution in [3.63, 3.8) is 0 Å². The highest BCUT2D eigenvalue weighted by atomic mass is 79.9. The summed E-state index contributed by atoms with van der Waals surface area (Å²) in [4.78, 5) is 34.4. The summed E-state index contributed by atoms with van der Waals surface area (Å²) in [5, 5.41) is 8.59. The molecule has 0 aliphatic heterocycles. The highest BCUT2D eigenvalue weighted by Crippen LogP contribution is 2.32. The van der Waals surface area contributed by atoms with Gasteiger partial charge in [-0.15, -0.1) is 0 Å². The molecule has 0 aliphatic rings. The van der Waals surface area contributed by atoms with Crippen LogP contribution in [0.3, 0.4) is 0 Å². The maximum absolute atomic E-state index is 13.8. The van der Waals surface area contributed by atoms with Crippen molar-refractivity contribution in [1.82, 2.24) is 0 Å². The van der Waals surface area contributed by atoms with Crippen molar-refractivity contribution in [1.29, 1.82) is 0 Å². The Kier molecular flexibility index (Phi) is 7.40. The van der Waals surface area contributed by atoms with Gasteiger partial charge in [-0.3, -0.25) is 0 Å². The summed E-state index contributed by atoms with van der Waals surface area (Å²) < 4.78 is 64.8. The Hall–Kier alpha value is -1.99. The van der Waals surface area contributed by atoms with Gasteiger partial charge in [0.2, 0.25) is 17.4 Å². The fraction of sp³-hybridized carbons (Fsp3) is 0.0625. The molecule has 0 heterocycles. The zero-order valence-electron chi connectivity index (χ0n) is 13.5. The van der Waals surface area contributed by atoms with Crippen LogP contribution in [-0.2, 0) is 9.53 Å². The first-order valence-electron chi connectivity index (χ1n) is 7.07. The first-order chi connectivity index (χ1) is 13.5. The molecule has 29 heavy (non-hydrogen) atoms. The van der Waals surface area contributed by atoms with E-state index < -0.39 is 59.1 Å². The van der Waals surface area contributed by atoms with Crippen molar-refractivity contribution >= 4 is 65.7 Å². The summed E-state index contributed by atoms with van der Waals surface area (Å²) in [6.45, 7) is -1.17. The van der Waals surface area contributed by atoms with Crippen LogP contribution in [0.15, 0.2) is 25.6 Å². The van der Waals surface area contributed by atoms with Crippen molar-refractivity contribution < 1.29 is 46.5 Å². The summed E-state index contributed by atoms with van der Waals surface area (Å²) in [5.74, 6) is -15.7. The van der Waals surface area contributed by atoms with E-state index in [4.69, 9.17) is 5.11 Å². The maximum atomic E-state index is 13.8. The molecule has 2 rings (SSSR count). The van der Waals surface area contributed by atoms with E-state index in [1.807, 2.05) is 0 Å². The van der Waals surface area contributed by atoms with Crippen molar-refractivity contribution in [2.45, 2.75) is 0 Å². The molecule has 0 fully saturated rings. The summed E-state index contributed by atoms with van der Waals surface area (Å²) in [7, 11) is 0. The Bertz CT molecular complexity index is 1020. The molecule has 0 atom stereocenters. The lowest BCUT2D eigenvalue weighted by atomic mass is 10.1. The molecular weight excluding hydrogens is 604 g/mol. The van der Waals surface area contributed by atoms with Crippen LogP contribution in [-0.4, -0.2) is 29.6 Å². The predicted octanol–water partition coefficient (Wildman–Crippen LogP) is 4.99. The fourth-order valence-electron chi connectivity index (χ4n) is 1.94. The summed E-state index contributed by atoms with van der Waals surface area (Å²) >= 11 is 9.42. The summed E-state index contributed by atoms with van der Waals surface area (Å²) in [5.41, 5.74) is -1.92. The number of carbonyl (C=O) groups excluding carboxylic acids is 2. The Morgan fingerprint density at radius 1 is 0.931 bits per heavy atom. The monoisotopic (exact) mass is 606 g/mol. The van der Waals surface area contributed by atoms with Gasteiger partial charge in [0.05, 0.1) is 5.56 Å². The van der Waals surface area contributed by atoms with Crippen LogP contribution in [0.25, 0.3) is 0 Å². The molecule has 0 saturated heterocycles. The number of hydrogen-bond donors (Lipinski definition) is 1. The van der Waals surface area contributed by atoms with Gasteiger partial charge < -0.3 is 14.6 Å². The van der Waals surface area contributed by atoms with Crippen molar-refractivity contribution in [3.8, 4) is 5.75 Å². The topological polar surface area (TPSA) is 89.9 Å². The molecule has 0 unspecified atom stereocenters. The van der Waals surface area contributed by atoms with Gasteiger partial charge in [0.25, 0.3) is 0 Å². The van der Waals surface area contributed by atoms with Gasteiger partial charge in [-0.25, -0.2) is 23.2 Å². The minimum Gasteiger partial charge on any atom is -0.477 e. The Morgan fingerprint density at radius 2 is 1.48 bits per heavy atom. The largest absolute Gasteiger partial charge is 0.477 e. The third-order valence-electron chi connectivity index (χ3n) is 3.19. The highest BCUT2D eigenvalue weighted by Gasteiger charge is 2.31. The molecule has 0 amide bonds. The number of carboxylic acids is 1. The molecule has 0 spiro atoms. The number of halogens is 7. The Morgan fingerprint density at radius 3 is 2.00 bits per heavy atom. The molecule has 2 aromatic carbocycles. The average molecular weight is 609 g/mol. The van der Waals surface area contributed by atoms with Crippen LogP contribution in [0.1, 0.15) is 20.7 Å². The smallest absolute Gasteiger partial charge is 0.349 e. The zero-order valence-corrected chi connectivity index (χ0v) is 18.3. The number of rotatable bonds is 5. The number of carbonyl (C=O) groups is 3. The molecule has 2 aromatic rings. The Balaban J connectivity index is 2.19. The second kappa shape index (κ2) is 9.22. The van der Waals surface area contributed by atoms with Crippen LogP contribution >= 0.6 is 47.8 Å². The lowest BCUT2D eigenvalue weighted by molar-refractivity contribution is -0.138. The molecule has 0 saturated carbocycles. The van der Waals surface area contributed by atoms with E-state index in [-0.39, 0.29) is 10.0 Å². The quantitative estimate of drug-likeness (QED) is 0.223. The predicted molar refractivity (Wildman–Crippen MR) is 98.7 cm³/mol. The number of benzene rings is 2. The first kappa shape index (κ1) is 23.3. The third-order valence-corrected chi connectivity index (χ3v) is 5.66. The number of esters is 2. The van der Waals surface area contributed by atoms with Gasteiger partial charge in [0, 0.05) is 13.4 Å². The van der Waals surface area contributed by atoms with Gasteiger partial charge in [0.1, 0.15) is 5.56 Å². The van der Waals surface area contributed by atoms with Gasteiger partial charge in [-0.05, 0) is 44.0 Å². The molecule has 0 aliphatic carbocycles. The summed E-state index contributed by atoms with van der Waals surface area (Å²) in [6.07, 6.45) is 0. The van der Waals surface area contributed by atoms with E-state index in [0.717, 1.165) is 0 Å². The molecule has 0 aromatic heterocycles. The molecular formula is C16H5Br3F4O6. The number of carboxylic acid groups (broad SMARTS) is 1. The summed E-state index contributed by atoms with van der Waals surface area (Å²) in [6, 6.07) is 2.95. The van der Waals surface area contributed by atoms with Crippen LogP contribution in [0.4, 0.5) is 17.6 Å². The second-order valence-electron chi connectivity index (χ2n) is 5.06. The molecule has 1 N–H and O–H groups in total. The van der Waals surface area contributed by atoms with Gasteiger partial charge in [0.15, 0.2) is 18.2 Å². The lowest BCUT2D eigenvalue weighted by Crippen LogP contribution is -2.21.